The van der Waals surface area contributed by atoms with Crippen LogP contribution < -0.4 is 0 Å². The number of aryl methyl sites for hydroxylation is 1. The molecular weight excluding hydrogens is 298 g/mol. The SMILES string of the molecule is CCCn1c(C)cc(C=C(C#N)C(=O)N2CCCCC2CC)c1C. The summed E-state index contributed by atoms with van der Waals surface area (Å²) in [6.45, 7) is 10.1. The third-order valence-electron chi connectivity index (χ3n) is 5.07. The molecular formula is C20H29N3O. The Balaban J connectivity index is 2.31. The Morgan fingerprint density at radius 2 is 2.12 bits per heavy atom. The number of hydrogen-bond donors (Lipinski definition) is 0. The zero-order chi connectivity index (χ0) is 17.7. The summed E-state index contributed by atoms with van der Waals surface area (Å²) in [5, 5.41) is 9.55. The fraction of sp³-hybridized carbons (Fsp3) is 0.600. The van der Waals surface area contributed by atoms with Crippen molar-refractivity contribution >= 4 is 12.0 Å². The molecule has 0 N–H and O–H groups in total. The van der Waals surface area contributed by atoms with Gasteiger partial charge in [-0.2, -0.15) is 5.26 Å². The van der Waals surface area contributed by atoms with E-state index in [0.717, 1.165) is 50.0 Å². The van der Waals surface area contributed by atoms with Crippen molar-refractivity contribution in [2.24, 2.45) is 0 Å². The van der Waals surface area contributed by atoms with Crippen molar-refractivity contribution in [2.75, 3.05) is 6.54 Å². The predicted octanol–water partition coefficient (Wildman–Crippen LogP) is 4.21. The standard InChI is InChI=1S/C20H29N3O/c1-5-10-22-15(3)12-17(16(22)4)13-18(14-21)20(24)23-11-8-7-9-19(23)6-2/h12-13,19H,5-11H2,1-4H3. The Morgan fingerprint density at radius 1 is 1.38 bits per heavy atom. The molecule has 0 bridgehead atoms. The Hall–Kier alpha value is -2.02. The molecule has 0 spiro atoms. The van der Waals surface area contributed by atoms with Crippen LogP contribution in [-0.2, 0) is 11.3 Å². The summed E-state index contributed by atoms with van der Waals surface area (Å²) in [5.41, 5.74) is 3.54. The average molecular weight is 327 g/mol. The minimum Gasteiger partial charge on any atom is -0.349 e. The lowest BCUT2D eigenvalue weighted by Crippen LogP contribution is -2.43. The van der Waals surface area contributed by atoms with E-state index >= 15 is 0 Å². The average Bonchev–Trinajstić information content (AvgIpc) is 2.86. The molecule has 130 valence electrons. The zero-order valence-corrected chi connectivity index (χ0v) is 15.4. The number of nitriles is 1. The van der Waals surface area contributed by atoms with Gasteiger partial charge in [-0.25, -0.2) is 0 Å². The van der Waals surface area contributed by atoms with Crippen molar-refractivity contribution in [2.45, 2.75) is 72.4 Å². The number of likely N-dealkylation sites (tertiary alicyclic amines) is 1. The topological polar surface area (TPSA) is 49.0 Å². The van der Waals surface area contributed by atoms with Gasteiger partial charge < -0.3 is 9.47 Å². The van der Waals surface area contributed by atoms with Crippen molar-refractivity contribution in [3.63, 3.8) is 0 Å². The maximum Gasteiger partial charge on any atom is 0.264 e. The van der Waals surface area contributed by atoms with E-state index in [1.807, 2.05) is 4.90 Å². The quantitative estimate of drug-likeness (QED) is 0.601. The van der Waals surface area contributed by atoms with E-state index in [1.54, 1.807) is 6.08 Å². The molecule has 1 aromatic rings. The summed E-state index contributed by atoms with van der Waals surface area (Å²) in [4.78, 5) is 14.8. The number of nitrogens with zero attached hydrogens (tertiary/aromatic N) is 3. The summed E-state index contributed by atoms with van der Waals surface area (Å²) in [6.07, 6.45) is 7.05. The summed E-state index contributed by atoms with van der Waals surface area (Å²) in [5.74, 6) is -0.107. The minimum atomic E-state index is -0.107. The smallest absolute Gasteiger partial charge is 0.264 e. The second-order valence-corrected chi connectivity index (χ2v) is 6.70. The maximum atomic E-state index is 12.9. The fourth-order valence-electron chi connectivity index (χ4n) is 3.69. The molecule has 0 radical (unpaired) electrons. The van der Waals surface area contributed by atoms with Gasteiger partial charge in [0.25, 0.3) is 5.91 Å². The Morgan fingerprint density at radius 3 is 2.75 bits per heavy atom. The van der Waals surface area contributed by atoms with Crippen molar-refractivity contribution in [1.29, 1.82) is 5.26 Å². The first-order valence-electron chi connectivity index (χ1n) is 9.12. The number of hydrogen-bond acceptors (Lipinski definition) is 2. The van der Waals surface area contributed by atoms with Gasteiger partial charge in [0.05, 0.1) is 0 Å². The molecule has 0 aliphatic carbocycles. The van der Waals surface area contributed by atoms with Crippen LogP contribution in [0.1, 0.15) is 62.9 Å². The summed E-state index contributed by atoms with van der Waals surface area (Å²) >= 11 is 0. The molecule has 2 rings (SSSR count). The summed E-state index contributed by atoms with van der Waals surface area (Å²) in [6, 6.07) is 4.49. The maximum absolute atomic E-state index is 12.9. The van der Waals surface area contributed by atoms with Crippen LogP contribution in [0.4, 0.5) is 0 Å². The highest BCUT2D eigenvalue weighted by molar-refractivity contribution is 6.02. The largest absolute Gasteiger partial charge is 0.349 e. The lowest BCUT2D eigenvalue weighted by atomic mass is 9.98. The van der Waals surface area contributed by atoms with Crippen molar-refractivity contribution < 1.29 is 4.79 Å². The first kappa shape index (κ1) is 18.3. The second-order valence-electron chi connectivity index (χ2n) is 6.70. The Kier molecular flexibility index (Phi) is 6.25. The van der Waals surface area contributed by atoms with Gasteiger partial charge in [0, 0.05) is 30.5 Å². The van der Waals surface area contributed by atoms with E-state index in [9.17, 15) is 10.1 Å². The van der Waals surface area contributed by atoms with Crippen LogP contribution in [0, 0.1) is 25.2 Å². The molecule has 1 amide bonds. The molecule has 0 aromatic carbocycles. The van der Waals surface area contributed by atoms with Gasteiger partial charge >= 0.3 is 0 Å². The third kappa shape index (κ3) is 3.72. The highest BCUT2D eigenvalue weighted by Crippen LogP contribution is 2.23. The zero-order valence-electron chi connectivity index (χ0n) is 15.4. The number of amides is 1. The number of rotatable bonds is 5. The lowest BCUT2D eigenvalue weighted by molar-refractivity contribution is -0.130. The molecule has 1 aromatic heterocycles. The normalized spacial score (nSPS) is 18.5. The molecule has 1 aliphatic rings. The molecule has 0 saturated carbocycles. The van der Waals surface area contributed by atoms with Crippen molar-refractivity contribution in [3.05, 3.63) is 28.6 Å². The second kappa shape index (κ2) is 8.19. The molecule has 1 atom stereocenters. The van der Waals surface area contributed by atoms with Crippen molar-refractivity contribution in [3.8, 4) is 6.07 Å². The van der Waals surface area contributed by atoms with Crippen molar-refractivity contribution in [1.82, 2.24) is 9.47 Å². The fourth-order valence-corrected chi connectivity index (χ4v) is 3.69. The number of piperidine rings is 1. The first-order valence-corrected chi connectivity index (χ1v) is 9.12. The van der Waals surface area contributed by atoms with E-state index in [0.29, 0.717) is 0 Å². The number of carbonyl (C=O) groups excluding carboxylic acids is 1. The monoisotopic (exact) mass is 327 g/mol. The molecule has 1 saturated heterocycles. The minimum absolute atomic E-state index is 0.107. The van der Waals surface area contributed by atoms with Crippen LogP contribution in [0.3, 0.4) is 0 Å². The van der Waals surface area contributed by atoms with Crippen LogP contribution >= 0.6 is 0 Å². The van der Waals surface area contributed by atoms with Gasteiger partial charge in [0.1, 0.15) is 11.6 Å². The van der Waals surface area contributed by atoms with Gasteiger partial charge in [-0.1, -0.05) is 13.8 Å². The van der Waals surface area contributed by atoms with E-state index < -0.39 is 0 Å². The summed E-state index contributed by atoms with van der Waals surface area (Å²) < 4.78 is 2.25. The van der Waals surface area contributed by atoms with E-state index in [4.69, 9.17) is 0 Å². The molecule has 4 heteroatoms. The van der Waals surface area contributed by atoms with Crippen LogP contribution in [0.5, 0.6) is 0 Å². The predicted molar refractivity (Wildman–Crippen MR) is 97.4 cm³/mol. The van der Waals surface area contributed by atoms with Crippen LogP contribution in [0.2, 0.25) is 0 Å². The Bertz CT molecular complexity index is 663. The van der Waals surface area contributed by atoms with E-state index in [2.05, 4.69) is 44.4 Å². The highest BCUT2D eigenvalue weighted by atomic mass is 16.2. The third-order valence-corrected chi connectivity index (χ3v) is 5.07. The molecule has 24 heavy (non-hydrogen) atoms. The molecule has 1 fully saturated rings. The van der Waals surface area contributed by atoms with Crippen LogP contribution in [0.15, 0.2) is 11.6 Å². The van der Waals surface area contributed by atoms with Gasteiger partial charge in [0.15, 0.2) is 0 Å². The molecule has 2 heterocycles. The number of carbonyl (C=O) groups is 1. The number of aromatic nitrogens is 1. The molecule has 4 nitrogen and oxygen atoms in total. The first-order chi connectivity index (χ1) is 11.5. The summed E-state index contributed by atoms with van der Waals surface area (Å²) in [7, 11) is 0. The van der Waals surface area contributed by atoms with Gasteiger partial charge in [0.2, 0.25) is 0 Å². The van der Waals surface area contributed by atoms with Gasteiger partial charge in [-0.15, -0.1) is 0 Å². The van der Waals surface area contributed by atoms with E-state index in [1.165, 1.54) is 12.1 Å². The van der Waals surface area contributed by atoms with Crippen LogP contribution in [0.25, 0.3) is 6.08 Å². The highest BCUT2D eigenvalue weighted by Gasteiger charge is 2.27. The van der Waals surface area contributed by atoms with Gasteiger partial charge in [-0.05, 0) is 63.7 Å². The van der Waals surface area contributed by atoms with E-state index in [-0.39, 0.29) is 17.5 Å². The Labute approximate surface area is 145 Å². The molecule has 1 unspecified atom stereocenters. The van der Waals surface area contributed by atoms with Crippen LogP contribution in [-0.4, -0.2) is 28.0 Å². The molecule has 1 aliphatic heterocycles. The van der Waals surface area contributed by atoms with Gasteiger partial charge in [-0.3, -0.25) is 4.79 Å². The lowest BCUT2D eigenvalue weighted by Gasteiger charge is -2.35.